The van der Waals surface area contributed by atoms with Crippen LogP contribution in [-0.2, 0) is 11.1 Å². The van der Waals surface area contributed by atoms with Gasteiger partial charge < -0.3 is 9.29 Å². The second-order valence-corrected chi connectivity index (χ2v) is 5.24. The largest absolute Gasteiger partial charge is 1.00 e. The Labute approximate surface area is 128 Å². The fourth-order valence-electron chi connectivity index (χ4n) is 1.62. The van der Waals surface area contributed by atoms with Crippen LogP contribution in [0.5, 0.6) is 5.75 Å². The van der Waals surface area contributed by atoms with Gasteiger partial charge in [0, 0.05) is 15.6 Å². The number of ether oxygens (including phenoxy) is 1. The van der Waals surface area contributed by atoms with Crippen molar-refractivity contribution in [1.82, 2.24) is 4.98 Å². The summed E-state index contributed by atoms with van der Waals surface area (Å²) in [5.74, 6) is 0.278. The average molecular weight is 322 g/mol. The van der Waals surface area contributed by atoms with E-state index in [0.717, 1.165) is 11.1 Å². The van der Waals surface area contributed by atoms with Gasteiger partial charge in [-0.25, -0.2) is 4.98 Å². The molecule has 2 aromatic rings. The normalized spacial score (nSPS) is 12.0. The SMILES string of the molecule is COc1c(S(=O)[O-])cc(Br)c2ccc(C)nc12.[Li+]. The fourth-order valence-corrected chi connectivity index (χ4v) is 2.86. The van der Waals surface area contributed by atoms with E-state index in [0.29, 0.717) is 9.99 Å². The van der Waals surface area contributed by atoms with Gasteiger partial charge in [0.25, 0.3) is 0 Å². The minimum Gasteiger partial charge on any atom is -0.768 e. The maximum absolute atomic E-state index is 11.1. The van der Waals surface area contributed by atoms with Crippen LogP contribution in [0.3, 0.4) is 0 Å². The number of methoxy groups -OCH3 is 1. The molecular formula is C11H9BrLiNO3S. The molecule has 90 valence electrons. The van der Waals surface area contributed by atoms with Crippen molar-refractivity contribution in [3.05, 3.63) is 28.4 Å². The quantitative estimate of drug-likeness (QED) is 0.555. The van der Waals surface area contributed by atoms with Crippen LogP contribution in [0, 0.1) is 6.92 Å². The summed E-state index contributed by atoms with van der Waals surface area (Å²) in [5, 5.41) is 0.821. The number of hydrogen-bond acceptors (Lipinski definition) is 4. The predicted octanol–water partition coefficient (Wildman–Crippen LogP) is -0.444. The smallest absolute Gasteiger partial charge is 0.768 e. The van der Waals surface area contributed by atoms with Gasteiger partial charge in [-0.05, 0) is 36.2 Å². The van der Waals surface area contributed by atoms with E-state index in [2.05, 4.69) is 20.9 Å². The van der Waals surface area contributed by atoms with Crippen molar-refractivity contribution < 1.29 is 32.4 Å². The van der Waals surface area contributed by atoms with Gasteiger partial charge in [-0.3, -0.25) is 4.21 Å². The summed E-state index contributed by atoms with van der Waals surface area (Å²) >= 11 is 0.977. The van der Waals surface area contributed by atoms with E-state index < -0.39 is 11.1 Å². The molecule has 7 heteroatoms. The number of benzene rings is 1. The maximum Gasteiger partial charge on any atom is 1.00 e. The Bertz CT molecular complexity index is 621. The molecule has 4 nitrogen and oxygen atoms in total. The number of nitrogens with zero attached hydrogens (tertiary/aromatic N) is 1. The Balaban J connectivity index is 0.00000162. The zero-order valence-electron chi connectivity index (χ0n) is 10.2. The summed E-state index contributed by atoms with van der Waals surface area (Å²) < 4.78 is 28.1. The van der Waals surface area contributed by atoms with E-state index in [4.69, 9.17) is 4.74 Å². The van der Waals surface area contributed by atoms with E-state index in [1.807, 2.05) is 19.1 Å². The van der Waals surface area contributed by atoms with Crippen LogP contribution in [0.25, 0.3) is 10.9 Å². The van der Waals surface area contributed by atoms with E-state index in [9.17, 15) is 8.76 Å². The van der Waals surface area contributed by atoms with Crippen molar-refractivity contribution >= 4 is 37.9 Å². The second-order valence-electron chi connectivity index (χ2n) is 3.47. The van der Waals surface area contributed by atoms with Gasteiger partial charge in [-0.1, -0.05) is 15.9 Å². The van der Waals surface area contributed by atoms with Crippen LogP contribution in [0.2, 0.25) is 0 Å². The first-order valence-corrected chi connectivity index (χ1v) is 6.64. The first-order chi connectivity index (χ1) is 8.04. The first kappa shape index (κ1) is 15.7. The third-order valence-electron chi connectivity index (χ3n) is 2.37. The second kappa shape index (κ2) is 6.18. The van der Waals surface area contributed by atoms with Crippen molar-refractivity contribution in [3.8, 4) is 5.75 Å². The van der Waals surface area contributed by atoms with E-state index in [-0.39, 0.29) is 29.5 Å². The molecule has 1 heterocycles. The minimum atomic E-state index is -2.36. The van der Waals surface area contributed by atoms with Gasteiger partial charge in [0.15, 0.2) is 5.75 Å². The summed E-state index contributed by atoms with van der Waals surface area (Å²) in [7, 11) is 1.43. The Morgan fingerprint density at radius 1 is 1.44 bits per heavy atom. The topological polar surface area (TPSA) is 62.2 Å². The van der Waals surface area contributed by atoms with Crippen LogP contribution in [0.1, 0.15) is 5.69 Å². The number of rotatable bonds is 2. The number of aryl methyl sites for hydroxylation is 1. The van der Waals surface area contributed by atoms with Gasteiger partial charge in [-0.2, -0.15) is 0 Å². The maximum atomic E-state index is 11.1. The Morgan fingerprint density at radius 2 is 2.11 bits per heavy atom. The minimum absolute atomic E-state index is 0. The predicted molar refractivity (Wildman–Crippen MR) is 67.9 cm³/mol. The zero-order valence-corrected chi connectivity index (χ0v) is 12.6. The van der Waals surface area contributed by atoms with Crippen molar-refractivity contribution in [2.24, 2.45) is 0 Å². The molecule has 0 aliphatic heterocycles. The molecule has 1 unspecified atom stereocenters. The fraction of sp³-hybridized carbons (Fsp3) is 0.182. The van der Waals surface area contributed by atoms with Crippen LogP contribution in [-0.4, -0.2) is 20.9 Å². The number of halogens is 1. The molecule has 0 N–H and O–H groups in total. The van der Waals surface area contributed by atoms with Crippen LogP contribution >= 0.6 is 15.9 Å². The Morgan fingerprint density at radius 3 is 2.67 bits per heavy atom. The molecular weight excluding hydrogens is 313 g/mol. The van der Waals surface area contributed by atoms with Crippen molar-refractivity contribution in [2.45, 2.75) is 11.8 Å². The van der Waals surface area contributed by atoms with Crippen LogP contribution in [0.4, 0.5) is 0 Å². The summed E-state index contributed by atoms with van der Waals surface area (Å²) in [4.78, 5) is 4.42. The van der Waals surface area contributed by atoms with Crippen LogP contribution < -0.4 is 23.6 Å². The third kappa shape index (κ3) is 2.78. The van der Waals surface area contributed by atoms with Gasteiger partial charge >= 0.3 is 18.9 Å². The van der Waals surface area contributed by atoms with Gasteiger partial charge in [0.2, 0.25) is 0 Å². The molecule has 2 rings (SSSR count). The van der Waals surface area contributed by atoms with Crippen molar-refractivity contribution in [2.75, 3.05) is 7.11 Å². The molecule has 0 radical (unpaired) electrons. The van der Waals surface area contributed by atoms with Crippen molar-refractivity contribution in [3.63, 3.8) is 0 Å². The monoisotopic (exact) mass is 321 g/mol. The molecule has 0 saturated heterocycles. The molecule has 0 aliphatic rings. The number of hydrogen-bond donors (Lipinski definition) is 0. The zero-order chi connectivity index (χ0) is 12.6. The molecule has 0 saturated carbocycles. The molecule has 0 amide bonds. The number of fused-ring (bicyclic) bond motifs is 1. The molecule has 0 bridgehead atoms. The molecule has 1 aromatic carbocycles. The van der Waals surface area contributed by atoms with E-state index in [1.54, 1.807) is 0 Å². The third-order valence-corrected chi connectivity index (χ3v) is 3.69. The summed E-state index contributed by atoms with van der Waals surface area (Å²) in [6, 6.07) is 5.25. The van der Waals surface area contributed by atoms with Gasteiger partial charge in [-0.15, -0.1) is 0 Å². The number of aromatic nitrogens is 1. The first-order valence-electron chi connectivity index (χ1n) is 4.77. The molecule has 18 heavy (non-hydrogen) atoms. The standard InChI is InChI=1S/C11H10BrNO3S.Li/c1-6-3-4-7-8(12)5-9(17(14)15)11(16-2)10(7)13-6;/h3-5H,1-2H3,(H,14,15);/q;+1/p-1. The molecule has 1 aromatic heterocycles. The van der Waals surface area contributed by atoms with E-state index >= 15 is 0 Å². The van der Waals surface area contributed by atoms with Gasteiger partial charge in [0.1, 0.15) is 5.52 Å². The molecule has 0 fully saturated rings. The van der Waals surface area contributed by atoms with Gasteiger partial charge in [0.05, 0.1) is 12.0 Å². The molecule has 0 aliphatic carbocycles. The average Bonchev–Trinajstić information content (AvgIpc) is 2.28. The Kier molecular flexibility index (Phi) is 5.38. The molecule has 0 spiro atoms. The van der Waals surface area contributed by atoms with E-state index in [1.165, 1.54) is 13.2 Å². The number of pyridine rings is 1. The van der Waals surface area contributed by atoms with Crippen LogP contribution in [0.15, 0.2) is 27.6 Å². The Hall–Kier alpha value is -0.383. The summed E-state index contributed by atoms with van der Waals surface area (Å²) in [5.41, 5.74) is 1.35. The summed E-state index contributed by atoms with van der Waals surface area (Å²) in [6.07, 6.45) is 0. The van der Waals surface area contributed by atoms with Crippen molar-refractivity contribution in [1.29, 1.82) is 0 Å². The summed E-state index contributed by atoms with van der Waals surface area (Å²) in [6.45, 7) is 1.84. The molecule has 1 atom stereocenters.